The molecule has 0 aliphatic heterocycles. The van der Waals surface area contributed by atoms with E-state index in [1.807, 2.05) is 0 Å². The number of hydrogen-bond acceptors (Lipinski definition) is 1. The van der Waals surface area contributed by atoms with Gasteiger partial charge in [-0.3, -0.25) is 0 Å². The third kappa shape index (κ3) is 3.09. The molecule has 110 valence electrons. The van der Waals surface area contributed by atoms with Gasteiger partial charge in [0.15, 0.2) is 0 Å². The Morgan fingerprint density at radius 1 is 1.00 bits per heavy atom. The first-order valence-electron chi connectivity index (χ1n) is 8.57. The maximum absolute atomic E-state index is 3.35. The van der Waals surface area contributed by atoms with Gasteiger partial charge in [-0.25, -0.2) is 0 Å². The standard InChI is InChI=1S/C19H29N/c1-20-14-13-19(10-2-3-11-19)12-9-16-7-8-17-5-4-6-18(17)15-16/h7-8,15,20H,2-6,9-14H2,1H3. The molecular formula is C19H29N. The summed E-state index contributed by atoms with van der Waals surface area (Å²) in [5.41, 5.74) is 5.47. The van der Waals surface area contributed by atoms with Crippen molar-refractivity contribution in [1.29, 1.82) is 0 Å². The number of nitrogens with one attached hydrogen (secondary N) is 1. The van der Waals surface area contributed by atoms with Crippen molar-refractivity contribution in [3.05, 3.63) is 34.9 Å². The molecule has 2 aliphatic rings. The number of hydrogen-bond donors (Lipinski definition) is 1. The topological polar surface area (TPSA) is 12.0 Å². The van der Waals surface area contributed by atoms with E-state index in [2.05, 4.69) is 30.6 Å². The molecule has 0 bridgehead atoms. The number of benzene rings is 1. The maximum Gasteiger partial charge on any atom is -0.00466 e. The second-order valence-electron chi connectivity index (χ2n) is 7.02. The van der Waals surface area contributed by atoms with Crippen molar-refractivity contribution in [2.45, 2.75) is 64.2 Å². The largest absolute Gasteiger partial charge is 0.320 e. The fraction of sp³-hybridized carbons (Fsp3) is 0.684. The van der Waals surface area contributed by atoms with Gasteiger partial charge in [0.25, 0.3) is 0 Å². The van der Waals surface area contributed by atoms with Crippen molar-refractivity contribution < 1.29 is 0 Å². The molecule has 2 aliphatic carbocycles. The molecule has 0 spiro atoms. The highest BCUT2D eigenvalue weighted by atomic mass is 14.8. The molecule has 1 heteroatoms. The van der Waals surface area contributed by atoms with Crippen molar-refractivity contribution in [3.8, 4) is 0 Å². The molecule has 0 atom stereocenters. The van der Waals surface area contributed by atoms with Crippen LogP contribution < -0.4 is 5.32 Å². The summed E-state index contributed by atoms with van der Waals surface area (Å²) in [6.07, 6.45) is 13.9. The molecule has 1 fully saturated rings. The Bertz CT molecular complexity index is 443. The van der Waals surface area contributed by atoms with Crippen molar-refractivity contribution in [2.24, 2.45) is 5.41 Å². The SMILES string of the molecule is CNCCC1(CCc2ccc3c(c2)CCC3)CCCC1. The Hall–Kier alpha value is -0.820. The highest BCUT2D eigenvalue weighted by Gasteiger charge is 2.32. The number of rotatable bonds is 6. The summed E-state index contributed by atoms with van der Waals surface area (Å²) in [5.74, 6) is 0. The molecule has 1 nitrogen and oxygen atoms in total. The van der Waals surface area contributed by atoms with E-state index in [9.17, 15) is 0 Å². The van der Waals surface area contributed by atoms with E-state index in [0.29, 0.717) is 5.41 Å². The van der Waals surface area contributed by atoms with Crippen molar-refractivity contribution >= 4 is 0 Å². The minimum Gasteiger partial charge on any atom is -0.320 e. The first-order chi connectivity index (χ1) is 9.81. The summed E-state index contributed by atoms with van der Waals surface area (Å²) < 4.78 is 0. The van der Waals surface area contributed by atoms with Crippen LogP contribution in [0, 0.1) is 5.41 Å². The van der Waals surface area contributed by atoms with E-state index in [0.717, 1.165) is 0 Å². The average Bonchev–Trinajstić information content (AvgIpc) is 3.12. The summed E-state index contributed by atoms with van der Waals surface area (Å²) in [4.78, 5) is 0. The van der Waals surface area contributed by atoms with E-state index >= 15 is 0 Å². The lowest BCUT2D eigenvalue weighted by atomic mass is 9.77. The van der Waals surface area contributed by atoms with Crippen LogP contribution in [-0.4, -0.2) is 13.6 Å². The van der Waals surface area contributed by atoms with E-state index in [4.69, 9.17) is 0 Å². The third-order valence-electron chi connectivity index (χ3n) is 5.68. The van der Waals surface area contributed by atoms with E-state index in [1.165, 1.54) is 70.8 Å². The quantitative estimate of drug-likeness (QED) is 0.814. The van der Waals surface area contributed by atoms with Crippen LogP contribution in [0.15, 0.2) is 18.2 Å². The Balaban J connectivity index is 1.62. The van der Waals surface area contributed by atoms with E-state index in [-0.39, 0.29) is 0 Å². The van der Waals surface area contributed by atoms with Gasteiger partial charge < -0.3 is 5.32 Å². The summed E-state index contributed by atoms with van der Waals surface area (Å²) in [6, 6.07) is 7.29. The van der Waals surface area contributed by atoms with Crippen LogP contribution in [0.25, 0.3) is 0 Å². The second kappa shape index (κ2) is 6.30. The highest BCUT2D eigenvalue weighted by molar-refractivity contribution is 5.35. The monoisotopic (exact) mass is 271 g/mol. The Morgan fingerprint density at radius 2 is 1.80 bits per heavy atom. The molecule has 3 rings (SSSR count). The molecule has 1 N–H and O–H groups in total. The van der Waals surface area contributed by atoms with Gasteiger partial charge >= 0.3 is 0 Å². The smallest absolute Gasteiger partial charge is 0.00466 e. The van der Waals surface area contributed by atoms with Crippen LogP contribution in [0.3, 0.4) is 0 Å². The van der Waals surface area contributed by atoms with Crippen LogP contribution in [0.4, 0.5) is 0 Å². The van der Waals surface area contributed by atoms with Gasteiger partial charge in [0.2, 0.25) is 0 Å². The Labute approximate surface area is 124 Å². The predicted molar refractivity (Wildman–Crippen MR) is 86.2 cm³/mol. The van der Waals surface area contributed by atoms with Gasteiger partial charge in [0.05, 0.1) is 0 Å². The van der Waals surface area contributed by atoms with Gasteiger partial charge in [0.1, 0.15) is 0 Å². The minimum atomic E-state index is 0.641. The van der Waals surface area contributed by atoms with Crippen LogP contribution >= 0.6 is 0 Å². The third-order valence-corrected chi connectivity index (χ3v) is 5.68. The first-order valence-corrected chi connectivity index (χ1v) is 8.57. The predicted octanol–water partition coefficient (Wildman–Crippen LogP) is 4.28. The molecule has 0 unspecified atom stereocenters. The second-order valence-corrected chi connectivity index (χ2v) is 7.02. The average molecular weight is 271 g/mol. The molecule has 1 saturated carbocycles. The summed E-state index contributed by atoms with van der Waals surface area (Å²) in [7, 11) is 2.09. The lowest BCUT2D eigenvalue weighted by Gasteiger charge is -2.29. The van der Waals surface area contributed by atoms with Crippen LogP contribution in [0.5, 0.6) is 0 Å². The van der Waals surface area contributed by atoms with Gasteiger partial charge in [-0.1, -0.05) is 31.0 Å². The molecule has 0 heterocycles. The molecule has 0 saturated heterocycles. The minimum absolute atomic E-state index is 0.641. The lowest BCUT2D eigenvalue weighted by Crippen LogP contribution is -2.23. The summed E-state index contributed by atoms with van der Waals surface area (Å²) >= 11 is 0. The normalized spacial score (nSPS) is 20.2. The summed E-state index contributed by atoms with van der Waals surface area (Å²) in [5, 5.41) is 3.35. The Morgan fingerprint density at radius 3 is 2.60 bits per heavy atom. The lowest BCUT2D eigenvalue weighted by molar-refractivity contribution is 0.247. The Kier molecular flexibility index (Phi) is 4.45. The zero-order valence-electron chi connectivity index (χ0n) is 13.0. The first kappa shape index (κ1) is 14.1. The summed E-state index contributed by atoms with van der Waals surface area (Å²) in [6.45, 7) is 1.18. The molecule has 1 aromatic rings. The van der Waals surface area contributed by atoms with Gasteiger partial charge in [-0.05, 0) is 87.1 Å². The van der Waals surface area contributed by atoms with E-state index in [1.54, 1.807) is 16.7 Å². The zero-order chi connectivity index (χ0) is 13.8. The van der Waals surface area contributed by atoms with Crippen molar-refractivity contribution in [3.63, 3.8) is 0 Å². The zero-order valence-corrected chi connectivity index (χ0v) is 13.0. The molecule has 20 heavy (non-hydrogen) atoms. The molecule has 0 radical (unpaired) electrons. The molecule has 0 aromatic heterocycles. The van der Waals surface area contributed by atoms with Crippen LogP contribution in [0.1, 0.15) is 61.6 Å². The van der Waals surface area contributed by atoms with Crippen LogP contribution in [0.2, 0.25) is 0 Å². The number of aryl methyl sites for hydroxylation is 3. The molecular weight excluding hydrogens is 242 g/mol. The van der Waals surface area contributed by atoms with E-state index < -0.39 is 0 Å². The maximum atomic E-state index is 3.35. The van der Waals surface area contributed by atoms with Gasteiger partial charge in [-0.15, -0.1) is 0 Å². The van der Waals surface area contributed by atoms with Gasteiger partial charge in [-0.2, -0.15) is 0 Å². The fourth-order valence-corrected chi connectivity index (χ4v) is 4.33. The van der Waals surface area contributed by atoms with Crippen molar-refractivity contribution in [2.75, 3.05) is 13.6 Å². The molecule has 1 aromatic carbocycles. The van der Waals surface area contributed by atoms with Crippen molar-refractivity contribution in [1.82, 2.24) is 5.32 Å². The van der Waals surface area contributed by atoms with Crippen LogP contribution in [-0.2, 0) is 19.3 Å². The fourth-order valence-electron chi connectivity index (χ4n) is 4.33. The molecule has 0 amide bonds. The number of fused-ring (bicyclic) bond motifs is 1. The van der Waals surface area contributed by atoms with Gasteiger partial charge in [0, 0.05) is 0 Å². The highest BCUT2D eigenvalue weighted by Crippen LogP contribution is 2.44.